The molecule has 34 heavy (non-hydrogen) atoms. The van der Waals surface area contributed by atoms with Crippen molar-refractivity contribution < 1.29 is 67.4 Å². The summed E-state index contributed by atoms with van der Waals surface area (Å²) >= 11 is 0. The number of benzene rings is 3. The minimum Gasteiger partial charge on any atom is -1.00 e. The number of tetrazole rings is 1. The molecule has 0 radical (unpaired) electrons. The van der Waals surface area contributed by atoms with Crippen molar-refractivity contribution in [1.82, 2.24) is 30.2 Å². The molecule has 0 fully saturated rings. The normalized spacial score (nSPS) is 10.7. The second-order valence-corrected chi connectivity index (χ2v) is 7.37. The number of para-hydroxylation sites is 1. The van der Waals surface area contributed by atoms with Crippen LogP contribution >= 0.6 is 0 Å². The third-order valence-electron chi connectivity index (χ3n) is 5.35. The number of aromatic carboxylic acids is 1. The topological polar surface area (TPSA) is 119 Å². The van der Waals surface area contributed by atoms with Crippen molar-refractivity contribution in [2.75, 3.05) is 6.61 Å². The molecule has 10 heteroatoms. The number of nitrogens with zero attached hydrogens (tertiary/aromatic N) is 5. The van der Waals surface area contributed by atoms with E-state index in [1.54, 1.807) is 18.2 Å². The number of carbonyl (C=O) groups is 1. The maximum absolute atomic E-state index is 11.8. The number of carboxylic acid groups (broad SMARTS) is 1. The number of rotatable bonds is 7. The number of aromatic amines is 1. The monoisotopic (exact) mass is 480 g/mol. The molecule has 5 aromatic rings. The average molecular weight is 481 g/mol. The van der Waals surface area contributed by atoms with Crippen LogP contribution in [-0.2, 0) is 6.54 Å². The van der Waals surface area contributed by atoms with E-state index in [2.05, 4.69) is 25.6 Å². The second-order valence-electron chi connectivity index (χ2n) is 7.37. The molecule has 0 spiro atoms. The van der Waals surface area contributed by atoms with Gasteiger partial charge >= 0.3 is 57.4 Å². The van der Waals surface area contributed by atoms with Crippen molar-refractivity contribution in [2.24, 2.45) is 0 Å². The zero-order valence-electron chi connectivity index (χ0n) is 19.8. The number of imidazole rings is 1. The maximum Gasteiger partial charge on any atom is 1.00 e. The molecule has 0 amide bonds. The van der Waals surface area contributed by atoms with Crippen LogP contribution in [0.25, 0.3) is 33.5 Å². The van der Waals surface area contributed by atoms with Crippen molar-refractivity contribution >= 4 is 17.0 Å². The molecule has 0 saturated heterocycles. The molecule has 0 unspecified atom stereocenters. The zero-order chi connectivity index (χ0) is 22.8. The Morgan fingerprint density at radius 2 is 1.82 bits per heavy atom. The first-order chi connectivity index (χ1) is 16.2. The van der Waals surface area contributed by atoms with Crippen LogP contribution < -0.4 is 56.1 Å². The SMILES string of the molecule is CCOc1nc2cccc(C(=O)O)c2n1Cc1ccc(-c2ccccc2-c2nn[nH]n2)cc1.[H-].[K+]. The number of aromatic nitrogens is 6. The van der Waals surface area contributed by atoms with Gasteiger partial charge in [-0.25, -0.2) is 4.79 Å². The quantitative estimate of drug-likeness (QED) is 0.335. The van der Waals surface area contributed by atoms with Crippen molar-refractivity contribution in [3.8, 4) is 28.5 Å². The van der Waals surface area contributed by atoms with E-state index in [0.29, 0.717) is 36.0 Å². The molecule has 2 aromatic heterocycles. The largest absolute Gasteiger partial charge is 1.00 e. The summed E-state index contributed by atoms with van der Waals surface area (Å²) in [4.78, 5) is 16.3. The van der Waals surface area contributed by atoms with Gasteiger partial charge in [-0.05, 0) is 41.0 Å². The van der Waals surface area contributed by atoms with Gasteiger partial charge in [-0.3, -0.25) is 4.57 Å². The first-order valence-electron chi connectivity index (χ1n) is 10.4. The van der Waals surface area contributed by atoms with Gasteiger partial charge in [-0.1, -0.05) is 54.6 Å². The predicted molar refractivity (Wildman–Crippen MR) is 123 cm³/mol. The molecule has 0 atom stereocenters. The minimum absolute atomic E-state index is 0. The number of fused-ring (bicyclic) bond motifs is 1. The number of H-pyrrole nitrogens is 1. The molecular weight excluding hydrogens is 459 g/mol. The number of nitrogens with one attached hydrogen (secondary N) is 1. The van der Waals surface area contributed by atoms with Crippen LogP contribution in [0.2, 0.25) is 0 Å². The standard InChI is InChI=1S/C24H20N6O3.K.H/c1-2-33-24-25-20-9-5-8-19(23(31)32)21(20)30(24)14-15-10-12-16(13-11-15)17-6-3-4-7-18(17)22-26-28-29-27-22;;/h3-13H,2,14H2,1H3,(H,31,32)(H,26,27,28,29);;/q;+1;-1. The van der Waals surface area contributed by atoms with E-state index < -0.39 is 5.97 Å². The van der Waals surface area contributed by atoms with Gasteiger partial charge in [0.05, 0.1) is 29.7 Å². The summed E-state index contributed by atoms with van der Waals surface area (Å²) in [5, 5.41) is 24.0. The van der Waals surface area contributed by atoms with Crippen molar-refractivity contribution in [3.63, 3.8) is 0 Å². The van der Waals surface area contributed by atoms with E-state index in [1.807, 2.05) is 60.0 Å². The van der Waals surface area contributed by atoms with Gasteiger partial charge in [0.15, 0.2) is 0 Å². The fourth-order valence-electron chi connectivity index (χ4n) is 3.90. The molecular formula is C24H21KN6O3. The van der Waals surface area contributed by atoms with Crippen LogP contribution in [0, 0.1) is 0 Å². The Morgan fingerprint density at radius 3 is 2.50 bits per heavy atom. The Hall–Kier alpha value is -2.89. The van der Waals surface area contributed by atoms with E-state index >= 15 is 0 Å². The number of hydrogen-bond donors (Lipinski definition) is 2. The van der Waals surface area contributed by atoms with Crippen LogP contribution in [0.15, 0.2) is 66.7 Å². The van der Waals surface area contributed by atoms with Gasteiger partial charge in [-0.15, -0.1) is 10.2 Å². The van der Waals surface area contributed by atoms with E-state index in [1.165, 1.54) is 0 Å². The third kappa shape index (κ3) is 4.68. The first kappa shape index (κ1) is 24.2. The third-order valence-corrected chi connectivity index (χ3v) is 5.35. The summed E-state index contributed by atoms with van der Waals surface area (Å²) in [6, 6.07) is 21.4. The van der Waals surface area contributed by atoms with E-state index in [-0.39, 0.29) is 58.4 Å². The van der Waals surface area contributed by atoms with Crippen LogP contribution in [-0.4, -0.2) is 47.9 Å². The Labute approximate surface area is 239 Å². The summed E-state index contributed by atoms with van der Waals surface area (Å²) in [6.07, 6.45) is 0. The second kappa shape index (κ2) is 10.6. The fraction of sp³-hybridized carbons (Fsp3) is 0.125. The van der Waals surface area contributed by atoms with Crippen molar-refractivity contribution in [3.05, 3.63) is 77.9 Å². The Morgan fingerprint density at radius 1 is 1.06 bits per heavy atom. The average Bonchev–Trinajstić information content (AvgIpc) is 3.49. The minimum atomic E-state index is -1.00. The summed E-state index contributed by atoms with van der Waals surface area (Å²) in [7, 11) is 0. The molecule has 0 bridgehead atoms. The van der Waals surface area contributed by atoms with Gasteiger partial charge in [0.2, 0.25) is 5.82 Å². The van der Waals surface area contributed by atoms with E-state index in [9.17, 15) is 9.90 Å². The Bertz CT molecular complexity index is 1440. The zero-order valence-corrected chi connectivity index (χ0v) is 21.9. The Kier molecular flexibility index (Phi) is 7.54. The van der Waals surface area contributed by atoms with Gasteiger partial charge in [0.25, 0.3) is 6.01 Å². The number of carboxylic acids is 1. The molecule has 0 aliphatic rings. The summed E-state index contributed by atoms with van der Waals surface area (Å²) < 4.78 is 7.53. The van der Waals surface area contributed by atoms with E-state index in [4.69, 9.17) is 4.74 Å². The summed E-state index contributed by atoms with van der Waals surface area (Å²) in [5.74, 6) is -0.472. The summed E-state index contributed by atoms with van der Waals surface area (Å²) in [5.41, 5.74) is 5.17. The van der Waals surface area contributed by atoms with Crippen LogP contribution in [0.1, 0.15) is 24.3 Å². The van der Waals surface area contributed by atoms with Crippen LogP contribution in [0.3, 0.4) is 0 Å². The van der Waals surface area contributed by atoms with Gasteiger partial charge in [-0.2, -0.15) is 10.2 Å². The molecule has 3 aromatic carbocycles. The molecule has 0 aliphatic carbocycles. The molecule has 2 N–H and O–H groups in total. The van der Waals surface area contributed by atoms with Crippen molar-refractivity contribution in [2.45, 2.75) is 13.5 Å². The molecule has 9 nitrogen and oxygen atoms in total. The van der Waals surface area contributed by atoms with Crippen LogP contribution in [0.4, 0.5) is 0 Å². The Balaban J connectivity index is 0.00000171. The number of ether oxygens (including phenoxy) is 1. The fourth-order valence-corrected chi connectivity index (χ4v) is 3.90. The van der Waals surface area contributed by atoms with Crippen LogP contribution in [0.5, 0.6) is 6.01 Å². The molecule has 166 valence electrons. The van der Waals surface area contributed by atoms with Gasteiger partial charge in [0, 0.05) is 5.56 Å². The predicted octanol–water partition coefficient (Wildman–Crippen LogP) is 1.15. The first-order valence-corrected chi connectivity index (χ1v) is 10.4. The molecule has 0 aliphatic heterocycles. The van der Waals surface area contributed by atoms with E-state index in [0.717, 1.165) is 22.3 Å². The van der Waals surface area contributed by atoms with Gasteiger partial charge < -0.3 is 11.3 Å². The molecule has 0 saturated carbocycles. The maximum atomic E-state index is 11.8. The van der Waals surface area contributed by atoms with Gasteiger partial charge in [0.1, 0.15) is 0 Å². The molecule has 2 heterocycles. The summed E-state index contributed by atoms with van der Waals surface area (Å²) in [6.45, 7) is 2.72. The molecule has 5 rings (SSSR count). The van der Waals surface area contributed by atoms with Crippen molar-refractivity contribution in [1.29, 1.82) is 0 Å². The smallest absolute Gasteiger partial charge is 1.00 e. The number of hydrogen-bond acceptors (Lipinski definition) is 6.